The van der Waals surface area contributed by atoms with Crippen LogP contribution in [0.15, 0.2) is 59.6 Å². The van der Waals surface area contributed by atoms with Crippen LogP contribution in [0.25, 0.3) is 0 Å². The van der Waals surface area contributed by atoms with Gasteiger partial charge < -0.3 is 14.8 Å². The summed E-state index contributed by atoms with van der Waals surface area (Å²) in [4.78, 5) is 18.2. The minimum Gasteiger partial charge on any atom is -0.494 e. The Kier molecular flexibility index (Phi) is 10.9. The minimum absolute atomic E-state index is 0.117. The summed E-state index contributed by atoms with van der Waals surface area (Å²) in [6.45, 7) is 9.58. The van der Waals surface area contributed by atoms with E-state index in [9.17, 15) is 10.1 Å². The number of nitriles is 1. The fourth-order valence-corrected chi connectivity index (χ4v) is 5.01. The third kappa shape index (κ3) is 7.66. The molecule has 0 saturated heterocycles. The predicted molar refractivity (Wildman–Crippen MR) is 166 cm³/mol. The molecule has 214 valence electrons. The first-order chi connectivity index (χ1) is 19.5. The molecule has 0 aromatic heterocycles. The fourth-order valence-electron chi connectivity index (χ4n) is 4.61. The van der Waals surface area contributed by atoms with Gasteiger partial charge in [-0.3, -0.25) is 10.4 Å². The van der Waals surface area contributed by atoms with E-state index in [1.54, 1.807) is 37.3 Å². The number of benzene rings is 3. The van der Waals surface area contributed by atoms with Gasteiger partial charge in [0, 0.05) is 21.4 Å². The highest BCUT2D eigenvalue weighted by Gasteiger charge is 2.38. The summed E-state index contributed by atoms with van der Waals surface area (Å²) in [6, 6.07) is 17.5. The number of aliphatic imine (C=N–C) groups is 1. The van der Waals surface area contributed by atoms with Gasteiger partial charge in [0.25, 0.3) is 0 Å². The van der Waals surface area contributed by atoms with Crippen LogP contribution in [0, 0.1) is 42.4 Å². The molecule has 0 aliphatic heterocycles. The van der Waals surface area contributed by atoms with Gasteiger partial charge in [-0.2, -0.15) is 5.26 Å². The van der Waals surface area contributed by atoms with Crippen molar-refractivity contribution in [2.75, 3.05) is 19.0 Å². The maximum Gasteiger partial charge on any atom is 0.352 e. The third-order valence-electron chi connectivity index (χ3n) is 6.68. The Hall–Kier alpha value is -3.86. The molecule has 0 bridgehead atoms. The highest BCUT2D eigenvalue weighted by molar-refractivity contribution is 6.40. The number of aryl methyl sites for hydroxylation is 2. The van der Waals surface area contributed by atoms with Crippen LogP contribution in [0.4, 0.5) is 11.4 Å². The van der Waals surface area contributed by atoms with Crippen molar-refractivity contribution in [3.05, 3.63) is 86.9 Å². The Morgan fingerprint density at radius 2 is 1.73 bits per heavy atom. The zero-order valence-electron chi connectivity index (χ0n) is 24.0. The van der Waals surface area contributed by atoms with Crippen LogP contribution in [-0.4, -0.2) is 31.1 Å². The summed E-state index contributed by atoms with van der Waals surface area (Å²) < 4.78 is 10.9. The van der Waals surface area contributed by atoms with Crippen LogP contribution in [0.2, 0.25) is 10.0 Å². The number of halogens is 2. The minimum atomic E-state index is -0.886. The second-order valence-corrected chi connectivity index (χ2v) is 10.8. The molecule has 41 heavy (non-hydrogen) atoms. The number of carbonyl (C=O) groups excluding carboxylic acids is 1. The summed E-state index contributed by atoms with van der Waals surface area (Å²) in [6.07, 6.45) is 0. The maximum atomic E-state index is 13.2. The lowest BCUT2D eigenvalue weighted by molar-refractivity contribution is -0.135. The molecular weight excluding hydrogens is 559 g/mol. The van der Waals surface area contributed by atoms with Crippen LogP contribution in [0.5, 0.6) is 5.75 Å². The van der Waals surface area contributed by atoms with Gasteiger partial charge in [-0.1, -0.05) is 49.2 Å². The Morgan fingerprint density at radius 3 is 2.34 bits per heavy atom. The van der Waals surface area contributed by atoms with E-state index in [1.165, 1.54) is 7.11 Å². The molecule has 0 aliphatic rings. The monoisotopic (exact) mass is 592 g/mol. The molecule has 0 aliphatic carbocycles. The average Bonchev–Trinajstić information content (AvgIpc) is 2.93. The van der Waals surface area contributed by atoms with E-state index in [-0.39, 0.29) is 18.2 Å². The number of hydrogen-bond acceptors (Lipinski definition) is 7. The van der Waals surface area contributed by atoms with Crippen LogP contribution in [0.1, 0.15) is 49.1 Å². The van der Waals surface area contributed by atoms with Gasteiger partial charge in [0.05, 0.1) is 37.3 Å². The van der Waals surface area contributed by atoms with Gasteiger partial charge in [0.15, 0.2) is 0 Å². The molecule has 7 nitrogen and oxygen atoms in total. The summed E-state index contributed by atoms with van der Waals surface area (Å²) in [5.41, 5.74) is 4.45. The number of carbonyl (C=O) groups is 1. The van der Waals surface area contributed by atoms with Crippen LogP contribution in [0.3, 0.4) is 0 Å². The quantitative estimate of drug-likeness (QED) is 0.172. The number of rotatable bonds is 11. The zero-order valence-corrected chi connectivity index (χ0v) is 25.5. The van der Waals surface area contributed by atoms with Crippen molar-refractivity contribution in [2.45, 2.75) is 40.7 Å². The van der Waals surface area contributed by atoms with Gasteiger partial charge in [-0.05, 0) is 85.8 Å². The lowest BCUT2D eigenvalue weighted by Gasteiger charge is -2.33. The van der Waals surface area contributed by atoms with E-state index in [2.05, 4.69) is 11.4 Å². The molecule has 0 saturated carbocycles. The number of esters is 1. The number of methoxy groups -OCH3 is 1. The average molecular weight is 594 g/mol. The topological polar surface area (TPSA) is 108 Å². The van der Waals surface area contributed by atoms with Crippen molar-refractivity contribution in [2.24, 2.45) is 16.8 Å². The molecule has 9 heteroatoms. The number of ether oxygens (including phenoxy) is 2. The van der Waals surface area contributed by atoms with Gasteiger partial charge in [0.1, 0.15) is 17.1 Å². The fraction of sp³-hybridized carbons (Fsp3) is 0.312. The van der Waals surface area contributed by atoms with Crippen LogP contribution >= 0.6 is 23.2 Å². The second-order valence-electron chi connectivity index (χ2n) is 9.88. The van der Waals surface area contributed by atoms with Crippen molar-refractivity contribution < 1.29 is 14.3 Å². The molecule has 2 atom stereocenters. The van der Waals surface area contributed by atoms with Gasteiger partial charge >= 0.3 is 5.97 Å². The molecule has 0 radical (unpaired) electrons. The first kappa shape index (κ1) is 31.7. The third-order valence-corrected chi connectivity index (χ3v) is 7.16. The Bertz CT molecular complexity index is 1510. The van der Waals surface area contributed by atoms with Crippen molar-refractivity contribution in [3.63, 3.8) is 0 Å². The number of anilines is 1. The molecule has 0 spiro atoms. The first-order valence-electron chi connectivity index (χ1n) is 13.2. The zero-order chi connectivity index (χ0) is 30.3. The van der Waals surface area contributed by atoms with Crippen molar-refractivity contribution in [1.29, 1.82) is 10.7 Å². The number of nitrogens with one attached hydrogen (secondary N) is 2. The highest BCUT2D eigenvalue weighted by Crippen LogP contribution is 2.38. The SMILES string of the molecule is CCOC(=O)C(=N)C(C(=Nc1cc(C#N)ccc1OC)C(C)C)C(Nc1cc(Cl)ccc1C)c1ccc(Cl)cc1C. The number of hydrogen-bond donors (Lipinski definition) is 2. The summed E-state index contributed by atoms with van der Waals surface area (Å²) in [5, 5.41) is 23.4. The van der Waals surface area contributed by atoms with Crippen molar-refractivity contribution in [3.8, 4) is 11.8 Å². The largest absolute Gasteiger partial charge is 0.494 e. The van der Waals surface area contributed by atoms with Gasteiger partial charge in [-0.15, -0.1) is 0 Å². The Balaban J connectivity index is 2.37. The van der Waals surface area contributed by atoms with E-state index in [4.69, 9.17) is 43.1 Å². The lowest BCUT2D eigenvalue weighted by atomic mass is 9.79. The molecule has 0 fully saturated rings. The van der Waals surface area contributed by atoms with Crippen molar-refractivity contribution in [1.82, 2.24) is 0 Å². The molecule has 3 rings (SSSR count). The Morgan fingerprint density at radius 1 is 1.05 bits per heavy atom. The maximum absolute atomic E-state index is 13.2. The molecule has 0 heterocycles. The molecule has 2 unspecified atom stereocenters. The second kappa shape index (κ2) is 14.2. The molecular formula is C32H34Cl2N4O3. The summed E-state index contributed by atoms with van der Waals surface area (Å²) >= 11 is 12.7. The van der Waals surface area contributed by atoms with Crippen molar-refractivity contribution >= 4 is 52.0 Å². The Labute approximate surface area is 251 Å². The van der Waals surface area contributed by atoms with Gasteiger partial charge in [-0.25, -0.2) is 4.79 Å². The van der Waals surface area contributed by atoms with E-state index in [1.807, 2.05) is 52.0 Å². The van der Waals surface area contributed by atoms with E-state index in [0.717, 1.165) is 22.4 Å². The normalized spacial score (nSPS) is 12.8. The molecule has 3 aromatic carbocycles. The molecule has 2 N–H and O–H groups in total. The summed E-state index contributed by atoms with van der Waals surface area (Å²) in [5.74, 6) is -1.39. The van der Waals surface area contributed by atoms with E-state index in [0.29, 0.717) is 32.8 Å². The smallest absolute Gasteiger partial charge is 0.352 e. The van der Waals surface area contributed by atoms with E-state index >= 15 is 0 Å². The highest BCUT2D eigenvalue weighted by atomic mass is 35.5. The first-order valence-corrected chi connectivity index (χ1v) is 14.0. The van der Waals surface area contributed by atoms with Crippen LogP contribution in [-0.2, 0) is 9.53 Å². The van der Waals surface area contributed by atoms with Crippen LogP contribution < -0.4 is 10.1 Å². The van der Waals surface area contributed by atoms with E-state index < -0.39 is 17.9 Å². The predicted octanol–water partition coefficient (Wildman–Crippen LogP) is 8.27. The molecule has 0 amide bonds. The van der Waals surface area contributed by atoms with Gasteiger partial charge in [0.2, 0.25) is 0 Å². The standard InChI is InChI=1S/C32H34Cl2N4O3/c1-7-41-32(39)29(36)28(30(18(2)3)38-26-15-21(17-35)9-13-27(26)40-6)31(24-12-11-22(33)14-20(24)5)37-25-16-23(34)10-8-19(25)4/h8-16,18,28,31,36-37H,7H2,1-6H3. The summed E-state index contributed by atoms with van der Waals surface area (Å²) in [7, 11) is 1.52. The number of nitrogens with zero attached hydrogens (tertiary/aromatic N) is 2. The lowest BCUT2D eigenvalue weighted by Crippen LogP contribution is -2.40. The molecule has 3 aromatic rings.